The maximum atomic E-state index is 13.9. The Morgan fingerprint density at radius 1 is 1.40 bits per heavy atom. The van der Waals surface area contributed by atoms with Crippen LogP contribution in [0.4, 0.5) is 10.2 Å². The first-order chi connectivity index (χ1) is 12.0. The number of amides is 1. The summed E-state index contributed by atoms with van der Waals surface area (Å²) in [7, 11) is 0. The van der Waals surface area contributed by atoms with E-state index >= 15 is 0 Å². The Balaban J connectivity index is 1.73. The molecule has 2 heterocycles. The van der Waals surface area contributed by atoms with E-state index in [-0.39, 0.29) is 22.5 Å². The van der Waals surface area contributed by atoms with Crippen molar-refractivity contribution in [2.75, 3.05) is 11.2 Å². The lowest BCUT2D eigenvalue weighted by molar-refractivity contribution is -0.115. The maximum absolute atomic E-state index is 13.9. The summed E-state index contributed by atoms with van der Waals surface area (Å²) in [6, 6.07) is 7.73. The normalized spacial score (nSPS) is 12.1. The zero-order valence-electron chi connectivity index (χ0n) is 13.4. The lowest BCUT2D eigenvalue weighted by Gasteiger charge is -2.10. The molecular weight excluding hydrogens is 347 g/mol. The van der Waals surface area contributed by atoms with Crippen LogP contribution in [0.3, 0.4) is 0 Å². The number of anilines is 1. The van der Waals surface area contributed by atoms with Gasteiger partial charge in [-0.05, 0) is 26.0 Å². The number of aryl methyl sites for hydroxylation is 1. The summed E-state index contributed by atoms with van der Waals surface area (Å²) in [4.78, 5) is 12.2. The summed E-state index contributed by atoms with van der Waals surface area (Å²) >= 11 is 1.10. The van der Waals surface area contributed by atoms with Gasteiger partial charge in [-0.1, -0.05) is 29.1 Å². The van der Waals surface area contributed by atoms with Crippen molar-refractivity contribution in [2.45, 2.75) is 24.3 Å². The number of nitrogens with one attached hydrogen (secondary N) is 1. The van der Waals surface area contributed by atoms with Crippen molar-refractivity contribution in [3.8, 4) is 11.4 Å². The highest BCUT2D eigenvalue weighted by molar-refractivity contribution is 8.00. The molecule has 0 spiro atoms. The van der Waals surface area contributed by atoms with Crippen molar-refractivity contribution in [3.05, 3.63) is 41.9 Å². The third kappa shape index (κ3) is 3.63. The summed E-state index contributed by atoms with van der Waals surface area (Å²) in [6.45, 7) is 3.41. The number of hydrogen-bond donors (Lipinski definition) is 2. The molecule has 25 heavy (non-hydrogen) atoms. The number of nitrogens with zero attached hydrogens (tertiary/aromatic N) is 4. The fourth-order valence-electron chi connectivity index (χ4n) is 2.05. The highest BCUT2D eigenvalue weighted by atomic mass is 32.2. The van der Waals surface area contributed by atoms with Crippen LogP contribution in [-0.4, -0.2) is 31.2 Å². The fraction of sp³-hybridized carbons (Fsp3) is 0.200. The molecule has 0 fully saturated rings. The Morgan fingerprint density at radius 3 is 2.84 bits per heavy atom. The first-order valence-corrected chi connectivity index (χ1v) is 8.20. The summed E-state index contributed by atoms with van der Waals surface area (Å²) in [5.74, 6) is 6.30. The van der Waals surface area contributed by atoms with Gasteiger partial charge in [-0.25, -0.2) is 9.07 Å². The molecule has 8 nitrogen and oxygen atoms in total. The molecule has 3 rings (SSSR count). The van der Waals surface area contributed by atoms with Crippen LogP contribution in [0.15, 0.2) is 40.0 Å². The Hall–Kier alpha value is -2.88. The fourth-order valence-corrected chi connectivity index (χ4v) is 2.82. The summed E-state index contributed by atoms with van der Waals surface area (Å²) in [6.07, 6.45) is 0. The highest BCUT2D eigenvalue weighted by Crippen LogP contribution is 2.26. The summed E-state index contributed by atoms with van der Waals surface area (Å²) in [5, 5.41) is 13.9. The van der Waals surface area contributed by atoms with Gasteiger partial charge in [-0.15, -0.1) is 10.2 Å². The molecular formula is C15H15FN6O2S. The van der Waals surface area contributed by atoms with E-state index in [1.54, 1.807) is 38.1 Å². The molecule has 130 valence electrons. The summed E-state index contributed by atoms with van der Waals surface area (Å²) in [5.41, 5.74) is 0.236. The number of halogens is 1. The number of carbonyl (C=O) groups excluding carboxylic acids is 1. The Labute approximate surface area is 146 Å². The van der Waals surface area contributed by atoms with Crippen LogP contribution in [0.25, 0.3) is 11.4 Å². The van der Waals surface area contributed by atoms with E-state index in [9.17, 15) is 9.18 Å². The number of rotatable bonds is 5. The number of carbonyl (C=O) groups is 1. The van der Waals surface area contributed by atoms with Gasteiger partial charge in [0.1, 0.15) is 11.6 Å². The average Bonchev–Trinajstić information content (AvgIpc) is 3.14. The van der Waals surface area contributed by atoms with Crippen LogP contribution >= 0.6 is 11.8 Å². The van der Waals surface area contributed by atoms with Crippen LogP contribution in [0, 0.1) is 12.7 Å². The van der Waals surface area contributed by atoms with E-state index in [4.69, 9.17) is 10.4 Å². The third-order valence-corrected chi connectivity index (χ3v) is 4.37. The lowest BCUT2D eigenvalue weighted by atomic mass is 10.2. The molecule has 0 saturated heterocycles. The monoisotopic (exact) mass is 362 g/mol. The topological polar surface area (TPSA) is 112 Å². The van der Waals surface area contributed by atoms with E-state index < -0.39 is 11.1 Å². The van der Waals surface area contributed by atoms with Crippen LogP contribution in [0.5, 0.6) is 0 Å². The Bertz CT molecular complexity index is 909. The molecule has 10 heteroatoms. The minimum absolute atomic E-state index is 0.181. The number of aromatic nitrogens is 4. The predicted molar refractivity (Wildman–Crippen MR) is 90.8 cm³/mol. The van der Waals surface area contributed by atoms with Crippen molar-refractivity contribution in [1.29, 1.82) is 0 Å². The largest absolute Gasteiger partial charge is 0.360 e. The maximum Gasteiger partial charge on any atom is 0.238 e. The second-order valence-corrected chi connectivity index (χ2v) is 6.54. The van der Waals surface area contributed by atoms with Crippen LogP contribution in [0.1, 0.15) is 12.7 Å². The van der Waals surface area contributed by atoms with Gasteiger partial charge in [0, 0.05) is 6.07 Å². The first kappa shape index (κ1) is 17.0. The molecule has 0 radical (unpaired) electrons. The Kier molecular flexibility index (Phi) is 4.70. The van der Waals surface area contributed by atoms with Crippen molar-refractivity contribution in [3.63, 3.8) is 0 Å². The average molecular weight is 362 g/mol. The van der Waals surface area contributed by atoms with Gasteiger partial charge in [0.05, 0.1) is 10.8 Å². The molecule has 3 aromatic rings. The molecule has 0 aliphatic heterocycles. The summed E-state index contributed by atoms with van der Waals surface area (Å²) < 4.78 is 19.9. The minimum Gasteiger partial charge on any atom is -0.360 e. The zero-order chi connectivity index (χ0) is 18.0. The quantitative estimate of drug-likeness (QED) is 0.528. The molecule has 2 aromatic heterocycles. The van der Waals surface area contributed by atoms with Gasteiger partial charge in [0.25, 0.3) is 0 Å². The molecule has 3 N–H and O–H groups in total. The number of hydrogen-bond acceptors (Lipinski definition) is 7. The molecule has 1 aromatic carbocycles. The highest BCUT2D eigenvalue weighted by Gasteiger charge is 2.21. The SMILES string of the molecule is Cc1cc(NC(=O)[C@H](C)Sc2nnc(-c3ccccc3F)n2N)no1. The lowest BCUT2D eigenvalue weighted by Crippen LogP contribution is -2.23. The number of benzene rings is 1. The standard InChI is InChI=1S/C15H15FN6O2S/c1-8-7-12(21-24-8)18-14(23)9(2)25-15-20-19-13(22(15)17)10-5-3-4-6-11(10)16/h3-7,9H,17H2,1-2H3,(H,18,21,23)/t9-/m0/s1. The van der Waals surface area contributed by atoms with Gasteiger partial charge in [-0.2, -0.15) is 0 Å². The van der Waals surface area contributed by atoms with Crippen molar-refractivity contribution >= 4 is 23.5 Å². The third-order valence-electron chi connectivity index (χ3n) is 3.31. The van der Waals surface area contributed by atoms with E-state index in [0.29, 0.717) is 11.6 Å². The molecule has 1 atom stereocenters. The Morgan fingerprint density at radius 2 is 2.16 bits per heavy atom. The second-order valence-electron chi connectivity index (χ2n) is 5.23. The minimum atomic E-state index is -0.531. The smallest absolute Gasteiger partial charge is 0.238 e. The zero-order valence-corrected chi connectivity index (χ0v) is 14.2. The van der Waals surface area contributed by atoms with Crippen LogP contribution in [0.2, 0.25) is 0 Å². The number of thioether (sulfide) groups is 1. The van der Waals surface area contributed by atoms with Crippen molar-refractivity contribution in [2.24, 2.45) is 0 Å². The van der Waals surface area contributed by atoms with Gasteiger partial charge >= 0.3 is 0 Å². The number of nitrogens with two attached hydrogens (primary N) is 1. The first-order valence-electron chi connectivity index (χ1n) is 7.32. The second kappa shape index (κ2) is 6.93. The molecule has 0 unspecified atom stereocenters. The van der Waals surface area contributed by atoms with E-state index in [1.807, 2.05) is 0 Å². The van der Waals surface area contributed by atoms with Crippen molar-refractivity contribution in [1.82, 2.24) is 20.0 Å². The number of nitrogen functional groups attached to an aromatic ring is 1. The molecule has 0 aliphatic rings. The van der Waals surface area contributed by atoms with E-state index in [0.717, 1.165) is 16.4 Å². The van der Waals surface area contributed by atoms with Gasteiger partial charge in [0.2, 0.25) is 11.1 Å². The molecule has 0 bridgehead atoms. The van der Waals surface area contributed by atoms with Gasteiger partial charge < -0.3 is 15.7 Å². The predicted octanol–water partition coefficient (Wildman–Crippen LogP) is 2.21. The van der Waals surface area contributed by atoms with Crippen molar-refractivity contribution < 1.29 is 13.7 Å². The van der Waals surface area contributed by atoms with Gasteiger partial charge in [-0.3, -0.25) is 4.79 Å². The molecule has 0 aliphatic carbocycles. The molecule has 0 saturated carbocycles. The van der Waals surface area contributed by atoms with Gasteiger partial charge in [0.15, 0.2) is 11.6 Å². The van der Waals surface area contributed by atoms with Crippen LogP contribution < -0.4 is 11.2 Å². The molecule has 1 amide bonds. The van der Waals surface area contributed by atoms with E-state index in [1.165, 1.54) is 6.07 Å². The van der Waals surface area contributed by atoms with Crippen LogP contribution in [-0.2, 0) is 4.79 Å². The van der Waals surface area contributed by atoms with E-state index in [2.05, 4.69) is 20.7 Å².